The molecule has 2 nitrogen and oxygen atoms in total. The minimum atomic E-state index is 0.609. The number of methoxy groups -OCH3 is 1. The highest BCUT2D eigenvalue weighted by Gasteiger charge is 2.26. The van der Waals surface area contributed by atoms with E-state index in [1.54, 1.807) is 7.11 Å². The van der Waals surface area contributed by atoms with E-state index in [2.05, 4.69) is 43.4 Å². The Morgan fingerprint density at radius 3 is 2.50 bits per heavy atom. The molecule has 112 valence electrons. The summed E-state index contributed by atoms with van der Waals surface area (Å²) in [6.07, 6.45) is 6.77. The first-order valence-corrected chi connectivity index (χ1v) is 8.05. The van der Waals surface area contributed by atoms with E-state index in [9.17, 15) is 0 Å². The van der Waals surface area contributed by atoms with Crippen LogP contribution >= 0.6 is 0 Å². The van der Waals surface area contributed by atoms with Gasteiger partial charge in [0.1, 0.15) is 5.75 Å². The summed E-state index contributed by atoms with van der Waals surface area (Å²) in [5.74, 6) is 2.74. The van der Waals surface area contributed by atoms with E-state index in [1.807, 2.05) is 0 Å². The lowest BCUT2D eigenvalue weighted by molar-refractivity contribution is 0.338. The summed E-state index contributed by atoms with van der Waals surface area (Å²) >= 11 is 0. The van der Waals surface area contributed by atoms with E-state index in [-0.39, 0.29) is 0 Å². The number of rotatable bonds is 7. The maximum atomic E-state index is 5.21. The van der Waals surface area contributed by atoms with Crippen molar-refractivity contribution in [1.29, 1.82) is 0 Å². The van der Waals surface area contributed by atoms with Crippen LogP contribution < -0.4 is 10.1 Å². The van der Waals surface area contributed by atoms with Crippen molar-refractivity contribution in [3.05, 3.63) is 29.8 Å². The molecule has 0 amide bonds. The van der Waals surface area contributed by atoms with Crippen LogP contribution in [0.3, 0.4) is 0 Å². The van der Waals surface area contributed by atoms with Gasteiger partial charge in [0.05, 0.1) is 7.11 Å². The third-order valence-corrected chi connectivity index (χ3v) is 4.57. The lowest BCUT2D eigenvalue weighted by atomic mass is 9.90. The fraction of sp³-hybridized carbons (Fsp3) is 0.667. The van der Waals surface area contributed by atoms with E-state index in [4.69, 9.17) is 4.74 Å². The Balaban J connectivity index is 1.79. The van der Waals surface area contributed by atoms with Gasteiger partial charge >= 0.3 is 0 Å². The SMILES string of the molecule is COc1ccc(CCC2CCCC2CNC(C)C)cc1. The van der Waals surface area contributed by atoms with E-state index in [0.29, 0.717) is 6.04 Å². The highest BCUT2D eigenvalue weighted by molar-refractivity contribution is 5.27. The van der Waals surface area contributed by atoms with Crippen molar-refractivity contribution >= 4 is 0 Å². The van der Waals surface area contributed by atoms with Gasteiger partial charge in [-0.3, -0.25) is 0 Å². The summed E-state index contributed by atoms with van der Waals surface area (Å²) in [5.41, 5.74) is 1.44. The number of ether oxygens (including phenoxy) is 1. The zero-order chi connectivity index (χ0) is 14.4. The molecule has 0 aliphatic heterocycles. The Kier molecular flexibility index (Phi) is 5.90. The first kappa shape index (κ1) is 15.4. The number of aryl methyl sites for hydroxylation is 1. The standard InChI is InChI=1S/C18H29NO/c1-14(2)19-13-17-6-4-5-16(17)10-7-15-8-11-18(20-3)12-9-15/h8-9,11-12,14,16-17,19H,4-7,10,13H2,1-3H3. The summed E-state index contributed by atoms with van der Waals surface area (Å²) in [6, 6.07) is 9.16. The van der Waals surface area contributed by atoms with Gasteiger partial charge in [-0.1, -0.05) is 38.8 Å². The molecule has 1 aliphatic carbocycles. The number of hydrogen-bond donors (Lipinski definition) is 1. The van der Waals surface area contributed by atoms with Gasteiger partial charge in [-0.25, -0.2) is 0 Å². The van der Waals surface area contributed by atoms with Gasteiger partial charge < -0.3 is 10.1 Å². The smallest absolute Gasteiger partial charge is 0.118 e. The van der Waals surface area contributed by atoms with Crippen LogP contribution in [-0.4, -0.2) is 19.7 Å². The topological polar surface area (TPSA) is 21.3 Å². The molecule has 1 aliphatic rings. The van der Waals surface area contributed by atoms with Gasteiger partial charge in [-0.05, 0) is 55.3 Å². The lowest BCUT2D eigenvalue weighted by Crippen LogP contribution is -2.30. The third kappa shape index (κ3) is 4.52. The molecule has 2 rings (SSSR count). The van der Waals surface area contributed by atoms with Crippen molar-refractivity contribution in [3.8, 4) is 5.75 Å². The monoisotopic (exact) mass is 275 g/mol. The summed E-state index contributed by atoms with van der Waals surface area (Å²) in [7, 11) is 1.72. The van der Waals surface area contributed by atoms with E-state index in [1.165, 1.54) is 44.2 Å². The first-order chi connectivity index (χ1) is 9.69. The van der Waals surface area contributed by atoms with Crippen LogP contribution in [0.4, 0.5) is 0 Å². The molecule has 0 saturated heterocycles. The van der Waals surface area contributed by atoms with Gasteiger partial charge in [0.25, 0.3) is 0 Å². The molecule has 2 atom stereocenters. The van der Waals surface area contributed by atoms with Crippen LogP contribution in [0, 0.1) is 11.8 Å². The summed E-state index contributed by atoms with van der Waals surface area (Å²) in [5, 5.41) is 3.61. The maximum absolute atomic E-state index is 5.21. The van der Waals surface area contributed by atoms with E-state index < -0.39 is 0 Å². The quantitative estimate of drug-likeness (QED) is 0.811. The van der Waals surface area contributed by atoms with Crippen molar-refractivity contribution in [2.45, 2.75) is 52.0 Å². The molecule has 0 spiro atoms. The molecular formula is C18H29NO. The Bertz CT molecular complexity index is 385. The molecule has 0 aromatic heterocycles. The second-order valence-corrected chi connectivity index (χ2v) is 6.40. The van der Waals surface area contributed by atoms with Crippen LogP contribution in [0.5, 0.6) is 5.75 Å². The minimum Gasteiger partial charge on any atom is -0.497 e. The highest BCUT2D eigenvalue weighted by Crippen LogP contribution is 2.34. The maximum Gasteiger partial charge on any atom is 0.118 e. The predicted molar refractivity (Wildman–Crippen MR) is 85.3 cm³/mol. The van der Waals surface area contributed by atoms with Crippen molar-refractivity contribution in [3.63, 3.8) is 0 Å². The fourth-order valence-electron chi connectivity index (χ4n) is 3.29. The van der Waals surface area contributed by atoms with Crippen LogP contribution in [-0.2, 0) is 6.42 Å². The second-order valence-electron chi connectivity index (χ2n) is 6.40. The van der Waals surface area contributed by atoms with Gasteiger partial charge in [-0.2, -0.15) is 0 Å². The Hall–Kier alpha value is -1.02. The average molecular weight is 275 g/mol. The molecule has 2 unspecified atom stereocenters. The van der Waals surface area contributed by atoms with Crippen molar-refractivity contribution in [2.75, 3.05) is 13.7 Å². The molecule has 1 aromatic rings. The fourth-order valence-corrected chi connectivity index (χ4v) is 3.29. The summed E-state index contributed by atoms with van der Waals surface area (Å²) in [6.45, 7) is 5.67. The van der Waals surface area contributed by atoms with Crippen LogP contribution in [0.2, 0.25) is 0 Å². The highest BCUT2D eigenvalue weighted by atomic mass is 16.5. The molecule has 0 heterocycles. The van der Waals surface area contributed by atoms with Gasteiger partial charge in [0.15, 0.2) is 0 Å². The second kappa shape index (κ2) is 7.68. The Morgan fingerprint density at radius 1 is 1.15 bits per heavy atom. The Labute approximate surface area is 123 Å². The van der Waals surface area contributed by atoms with Gasteiger partial charge in [0, 0.05) is 6.04 Å². The largest absolute Gasteiger partial charge is 0.497 e. The average Bonchev–Trinajstić information content (AvgIpc) is 2.91. The van der Waals surface area contributed by atoms with Crippen molar-refractivity contribution in [1.82, 2.24) is 5.32 Å². The number of hydrogen-bond acceptors (Lipinski definition) is 2. The number of benzene rings is 1. The zero-order valence-electron chi connectivity index (χ0n) is 13.2. The molecule has 1 aromatic carbocycles. The Morgan fingerprint density at radius 2 is 1.85 bits per heavy atom. The molecule has 0 radical (unpaired) electrons. The summed E-state index contributed by atoms with van der Waals surface area (Å²) < 4.78 is 5.21. The van der Waals surface area contributed by atoms with Crippen molar-refractivity contribution < 1.29 is 4.74 Å². The molecule has 1 saturated carbocycles. The van der Waals surface area contributed by atoms with Crippen molar-refractivity contribution in [2.24, 2.45) is 11.8 Å². The molecule has 1 N–H and O–H groups in total. The molecule has 0 bridgehead atoms. The molecule has 20 heavy (non-hydrogen) atoms. The third-order valence-electron chi connectivity index (χ3n) is 4.57. The summed E-state index contributed by atoms with van der Waals surface area (Å²) in [4.78, 5) is 0. The lowest BCUT2D eigenvalue weighted by Gasteiger charge is -2.21. The van der Waals surface area contributed by atoms with E-state index >= 15 is 0 Å². The van der Waals surface area contributed by atoms with Crippen LogP contribution in [0.25, 0.3) is 0 Å². The predicted octanol–water partition coefficient (Wildman–Crippen LogP) is 4.04. The minimum absolute atomic E-state index is 0.609. The van der Waals surface area contributed by atoms with Gasteiger partial charge in [0.2, 0.25) is 0 Å². The molecular weight excluding hydrogens is 246 g/mol. The first-order valence-electron chi connectivity index (χ1n) is 8.05. The van der Waals surface area contributed by atoms with Gasteiger partial charge in [-0.15, -0.1) is 0 Å². The van der Waals surface area contributed by atoms with Crippen LogP contribution in [0.1, 0.15) is 45.1 Å². The van der Waals surface area contributed by atoms with Crippen LogP contribution in [0.15, 0.2) is 24.3 Å². The van der Waals surface area contributed by atoms with E-state index in [0.717, 1.165) is 17.6 Å². The zero-order valence-corrected chi connectivity index (χ0v) is 13.2. The normalized spacial score (nSPS) is 22.4. The number of nitrogens with one attached hydrogen (secondary N) is 1. The molecule has 2 heteroatoms. The molecule has 1 fully saturated rings.